The van der Waals surface area contributed by atoms with Crippen molar-refractivity contribution in [1.82, 2.24) is 9.29 Å². The maximum Gasteiger partial charge on any atom is 0.243 e. The Balaban J connectivity index is 1.64. The summed E-state index contributed by atoms with van der Waals surface area (Å²) in [7, 11) is -0.364. The molecule has 0 aliphatic carbocycles. The summed E-state index contributed by atoms with van der Waals surface area (Å²) < 4.78 is 37.8. The van der Waals surface area contributed by atoms with Gasteiger partial charge >= 0.3 is 0 Å². The minimum Gasteiger partial charge on any atom is -0.495 e. The highest BCUT2D eigenvalue weighted by Crippen LogP contribution is 2.37. The standard InChI is InChI=1S/C21H22ClN3O4S/c1-28-19-13-20(29-2)18(12-16(19)22)24-21-8-5-14-11-15(6-7-17(14)23-21)30(26,27)25-9-3-4-10-25/h5-8,11-13H,3-4,9-10H2,1-2H3,(H,23,24). The molecule has 1 N–H and O–H groups in total. The lowest BCUT2D eigenvalue weighted by atomic mass is 10.2. The van der Waals surface area contributed by atoms with E-state index >= 15 is 0 Å². The first-order chi connectivity index (χ1) is 14.4. The second-order valence-electron chi connectivity index (χ2n) is 6.97. The Kier molecular flexibility index (Phi) is 5.73. The third kappa shape index (κ3) is 3.90. The van der Waals surface area contributed by atoms with Crippen LogP contribution >= 0.6 is 11.6 Å². The molecule has 0 unspecified atom stereocenters. The SMILES string of the molecule is COc1cc(OC)c(Nc2ccc3cc(S(=O)(=O)N4CCCC4)ccc3n2)cc1Cl. The molecule has 9 heteroatoms. The molecule has 1 aliphatic rings. The lowest BCUT2D eigenvalue weighted by Crippen LogP contribution is -2.27. The zero-order valence-electron chi connectivity index (χ0n) is 16.7. The van der Waals surface area contributed by atoms with Crippen molar-refractivity contribution in [3.05, 3.63) is 47.5 Å². The van der Waals surface area contributed by atoms with Crippen molar-refractivity contribution in [3.8, 4) is 11.5 Å². The number of rotatable bonds is 6. The number of pyridine rings is 1. The van der Waals surface area contributed by atoms with Crippen LogP contribution in [0.25, 0.3) is 10.9 Å². The smallest absolute Gasteiger partial charge is 0.243 e. The number of hydrogen-bond acceptors (Lipinski definition) is 6. The van der Waals surface area contributed by atoms with Crippen LogP contribution in [0.3, 0.4) is 0 Å². The Morgan fingerprint density at radius 2 is 1.73 bits per heavy atom. The molecule has 158 valence electrons. The van der Waals surface area contributed by atoms with E-state index in [-0.39, 0.29) is 0 Å². The van der Waals surface area contributed by atoms with Crippen LogP contribution in [0.4, 0.5) is 11.5 Å². The summed E-state index contributed by atoms with van der Waals surface area (Å²) >= 11 is 6.23. The summed E-state index contributed by atoms with van der Waals surface area (Å²) in [4.78, 5) is 4.88. The average Bonchev–Trinajstić information content (AvgIpc) is 3.29. The van der Waals surface area contributed by atoms with Gasteiger partial charge in [-0.3, -0.25) is 0 Å². The van der Waals surface area contributed by atoms with Crippen LogP contribution in [0.15, 0.2) is 47.4 Å². The van der Waals surface area contributed by atoms with Crippen molar-refractivity contribution in [2.24, 2.45) is 0 Å². The molecule has 1 fully saturated rings. The first kappa shape index (κ1) is 20.7. The number of ether oxygens (including phenoxy) is 2. The second kappa shape index (κ2) is 8.29. The largest absolute Gasteiger partial charge is 0.495 e. The number of benzene rings is 2. The molecule has 4 rings (SSSR count). The minimum absolute atomic E-state index is 0.294. The van der Waals surface area contributed by atoms with Crippen LogP contribution in [0, 0.1) is 0 Å². The number of anilines is 2. The maximum absolute atomic E-state index is 12.8. The Labute approximate surface area is 180 Å². The first-order valence-corrected chi connectivity index (χ1v) is 11.3. The molecule has 0 atom stereocenters. The predicted octanol–water partition coefficient (Wildman–Crippen LogP) is 4.43. The quantitative estimate of drug-likeness (QED) is 0.602. The number of fused-ring (bicyclic) bond motifs is 1. The van der Waals surface area contributed by atoms with Crippen molar-refractivity contribution in [2.45, 2.75) is 17.7 Å². The van der Waals surface area contributed by atoms with Crippen molar-refractivity contribution in [2.75, 3.05) is 32.6 Å². The lowest BCUT2D eigenvalue weighted by molar-refractivity contribution is 0.396. The third-order valence-electron chi connectivity index (χ3n) is 5.10. The van der Waals surface area contributed by atoms with E-state index in [2.05, 4.69) is 10.3 Å². The second-order valence-corrected chi connectivity index (χ2v) is 9.32. The van der Waals surface area contributed by atoms with E-state index in [9.17, 15) is 8.42 Å². The molecular formula is C21H22ClN3O4S. The maximum atomic E-state index is 12.8. The molecule has 2 aromatic carbocycles. The van der Waals surface area contributed by atoms with Gasteiger partial charge in [0, 0.05) is 24.5 Å². The fourth-order valence-corrected chi connectivity index (χ4v) is 5.30. The van der Waals surface area contributed by atoms with Gasteiger partial charge in [-0.2, -0.15) is 4.31 Å². The summed E-state index contributed by atoms with van der Waals surface area (Å²) in [5.41, 5.74) is 1.32. The molecule has 0 saturated carbocycles. The van der Waals surface area contributed by atoms with Crippen LogP contribution in [-0.2, 0) is 10.0 Å². The molecule has 2 heterocycles. The number of nitrogens with zero attached hydrogens (tertiary/aromatic N) is 2. The summed E-state index contributed by atoms with van der Waals surface area (Å²) in [6.45, 7) is 1.15. The Hall–Kier alpha value is -2.55. The fourth-order valence-electron chi connectivity index (χ4n) is 3.51. The van der Waals surface area contributed by atoms with Crippen LogP contribution in [0.5, 0.6) is 11.5 Å². The number of nitrogens with one attached hydrogen (secondary N) is 1. The highest BCUT2D eigenvalue weighted by molar-refractivity contribution is 7.89. The van der Waals surface area contributed by atoms with E-state index in [0.717, 1.165) is 18.2 Å². The van der Waals surface area contributed by atoms with Gasteiger partial charge in [-0.15, -0.1) is 0 Å². The molecule has 7 nitrogen and oxygen atoms in total. The summed E-state index contributed by atoms with van der Waals surface area (Å²) in [5.74, 6) is 1.65. The van der Waals surface area contributed by atoms with Gasteiger partial charge in [-0.05, 0) is 49.2 Å². The van der Waals surface area contributed by atoms with Crippen molar-refractivity contribution >= 4 is 44.0 Å². The van der Waals surface area contributed by atoms with Gasteiger partial charge < -0.3 is 14.8 Å². The van der Waals surface area contributed by atoms with E-state index < -0.39 is 10.0 Å². The highest BCUT2D eigenvalue weighted by atomic mass is 35.5. The molecular weight excluding hydrogens is 426 g/mol. The van der Waals surface area contributed by atoms with Crippen LogP contribution in [0.1, 0.15) is 12.8 Å². The van der Waals surface area contributed by atoms with E-state index in [1.807, 2.05) is 6.07 Å². The molecule has 1 aromatic heterocycles. The Morgan fingerprint density at radius 3 is 2.43 bits per heavy atom. The van der Waals surface area contributed by atoms with Crippen molar-refractivity contribution in [1.29, 1.82) is 0 Å². The number of aromatic nitrogens is 1. The van der Waals surface area contributed by atoms with Crippen LogP contribution in [0.2, 0.25) is 5.02 Å². The molecule has 1 aliphatic heterocycles. The van der Waals surface area contributed by atoms with E-state index in [1.54, 1.807) is 43.5 Å². The molecule has 0 amide bonds. The van der Waals surface area contributed by atoms with Gasteiger partial charge in [0.25, 0.3) is 0 Å². The monoisotopic (exact) mass is 447 g/mol. The zero-order valence-corrected chi connectivity index (χ0v) is 18.3. The lowest BCUT2D eigenvalue weighted by Gasteiger charge is -2.16. The number of methoxy groups -OCH3 is 2. The van der Waals surface area contributed by atoms with Gasteiger partial charge in [0.15, 0.2) is 0 Å². The average molecular weight is 448 g/mol. The topological polar surface area (TPSA) is 80.8 Å². The van der Waals surface area contributed by atoms with E-state index in [0.29, 0.717) is 51.5 Å². The Bertz CT molecular complexity index is 1190. The molecule has 3 aromatic rings. The molecule has 0 bridgehead atoms. The number of hydrogen-bond donors (Lipinski definition) is 1. The van der Waals surface area contributed by atoms with Gasteiger partial charge in [0.05, 0.1) is 35.3 Å². The molecule has 0 radical (unpaired) electrons. The molecule has 30 heavy (non-hydrogen) atoms. The number of halogens is 1. The minimum atomic E-state index is -3.46. The molecule has 0 spiro atoms. The highest BCUT2D eigenvalue weighted by Gasteiger charge is 2.27. The van der Waals surface area contributed by atoms with Crippen LogP contribution < -0.4 is 14.8 Å². The van der Waals surface area contributed by atoms with Crippen molar-refractivity contribution < 1.29 is 17.9 Å². The van der Waals surface area contributed by atoms with Gasteiger partial charge in [0.2, 0.25) is 10.0 Å². The van der Waals surface area contributed by atoms with Gasteiger partial charge in [-0.1, -0.05) is 11.6 Å². The normalized spacial score (nSPS) is 14.8. The summed E-state index contributed by atoms with van der Waals surface area (Å²) in [5, 5.41) is 4.39. The van der Waals surface area contributed by atoms with Gasteiger partial charge in [0.1, 0.15) is 17.3 Å². The Morgan fingerprint density at radius 1 is 1.00 bits per heavy atom. The first-order valence-electron chi connectivity index (χ1n) is 9.52. The van der Waals surface area contributed by atoms with E-state index in [1.165, 1.54) is 11.4 Å². The number of sulfonamides is 1. The third-order valence-corrected chi connectivity index (χ3v) is 7.29. The van der Waals surface area contributed by atoms with Crippen molar-refractivity contribution in [3.63, 3.8) is 0 Å². The predicted molar refractivity (Wildman–Crippen MR) is 118 cm³/mol. The fraction of sp³-hybridized carbons (Fsp3) is 0.286. The summed E-state index contributed by atoms with van der Waals surface area (Å²) in [6.07, 6.45) is 1.81. The van der Waals surface area contributed by atoms with Gasteiger partial charge in [-0.25, -0.2) is 13.4 Å². The zero-order chi connectivity index (χ0) is 21.3. The molecule has 1 saturated heterocycles. The van der Waals surface area contributed by atoms with E-state index in [4.69, 9.17) is 21.1 Å². The van der Waals surface area contributed by atoms with Crippen LogP contribution in [-0.4, -0.2) is 45.0 Å². The summed E-state index contributed by atoms with van der Waals surface area (Å²) in [6, 6.07) is 12.0.